The van der Waals surface area contributed by atoms with Crippen LogP contribution in [0.2, 0.25) is 0 Å². The maximum Gasteiger partial charge on any atom is 0.410 e. The van der Waals surface area contributed by atoms with Crippen LogP contribution in [0.5, 0.6) is 5.88 Å². The van der Waals surface area contributed by atoms with Crippen LogP contribution < -0.4 is 4.74 Å². The van der Waals surface area contributed by atoms with Gasteiger partial charge in [0.15, 0.2) is 0 Å². The number of piperidine rings is 1. The van der Waals surface area contributed by atoms with Crippen molar-refractivity contribution >= 4 is 17.1 Å². The molecule has 2 aromatic heterocycles. The zero-order valence-corrected chi connectivity index (χ0v) is 19.5. The summed E-state index contributed by atoms with van der Waals surface area (Å²) in [5.74, 6) is -0.998. The molecular formula is C25H26F2N4O4. The molecule has 184 valence electrons. The standard InChI is InChI=1S/C25H26F2N4O4/c1-25(5-6-25)35-24(32)31-8-14-11-33-12-15(9-31)22(14)34-23-21-20(28-13-29-23)18(10-30(21)2)17-4-3-16(26)7-19(17)27/h3-4,7,10,13-15,22H,5-6,8-9,11-12H2,1-2H3. The van der Waals surface area contributed by atoms with Crippen LogP contribution in [0.1, 0.15) is 19.8 Å². The summed E-state index contributed by atoms with van der Waals surface area (Å²) < 4.78 is 47.7. The third-order valence-electron chi connectivity index (χ3n) is 7.24. The molecule has 0 N–H and O–H groups in total. The highest BCUT2D eigenvalue weighted by atomic mass is 19.1. The number of amides is 1. The van der Waals surface area contributed by atoms with E-state index in [2.05, 4.69) is 9.97 Å². The fourth-order valence-electron chi connectivity index (χ4n) is 5.11. The molecule has 1 amide bonds. The number of carbonyl (C=O) groups excluding carboxylic acids is 1. The topological polar surface area (TPSA) is 78.7 Å². The van der Waals surface area contributed by atoms with Crippen molar-refractivity contribution in [2.45, 2.75) is 31.5 Å². The lowest BCUT2D eigenvalue weighted by molar-refractivity contribution is -0.111. The van der Waals surface area contributed by atoms with Gasteiger partial charge in [0, 0.05) is 55.4 Å². The number of hydrogen-bond donors (Lipinski definition) is 0. The lowest BCUT2D eigenvalue weighted by atomic mass is 9.84. The van der Waals surface area contributed by atoms with Crippen molar-refractivity contribution in [3.8, 4) is 17.0 Å². The van der Waals surface area contributed by atoms with Crippen molar-refractivity contribution in [1.29, 1.82) is 0 Å². The first kappa shape index (κ1) is 22.2. The van der Waals surface area contributed by atoms with E-state index in [1.807, 2.05) is 14.0 Å². The quantitative estimate of drug-likeness (QED) is 0.559. The molecule has 10 heteroatoms. The Morgan fingerprint density at radius 1 is 1.14 bits per heavy atom. The minimum absolute atomic E-state index is 0.0404. The fourth-order valence-corrected chi connectivity index (χ4v) is 5.11. The minimum Gasteiger partial charge on any atom is -0.472 e. The number of carbonyl (C=O) groups is 1. The number of likely N-dealkylation sites (tertiary alicyclic amines) is 1. The van der Waals surface area contributed by atoms with Crippen LogP contribution in [0.25, 0.3) is 22.2 Å². The zero-order valence-electron chi connectivity index (χ0n) is 19.5. The SMILES string of the molecule is Cn1cc(-c2ccc(F)cc2F)c2ncnc(OC3C4COCC3CN(C(=O)OC3(C)CC3)C4)c21. The van der Waals surface area contributed by atoms with Gasteiger partial charge in [0.1, 0.15) is 40.7 Å². The Balaban J connectivity index is 1.28. The maximum atomic E-state index is 14.5. The number of halogens is 2. The maximum absolute atomic E-state index is 14.5. The van der Waals surface area contributed by atoms with Gasteiger partial charge in [0.2, 0.25) is 5.88 Å². The summed E-state index contributed by atoms with van der Waals surface area (Å²) in [6.45, 7) is 3.84. The molecule has 0 spiro atoms. The summed E-state index contributed by atoms with van der Waals surface area (Å²) in [6, 6.07) is 3.48. The Kier molecular flexibility index (Phi) is 5.17. The Bertz CT molecular complexity index is 1290. The van der Waals surface area contributed by atoms with Gasteiger partial charge in [0.05, 0.1) is 13.2 Å². The normalized spacial score (nSPS) is 24.9. The summed E-state index contributed by atoms with van der Waals surface area (Å²) in [5, 5.41) is 0. The first-order valence-electron chi connectivity index (χ1n) is 11.8. The third-order valence-corrected chi connectivity index (χ3v) is 7.24. The highest BCUT2D eigenvalue weighted by Gasteiger charge is 2.47. The van der Waals surface area contributed by atoms with E-state index in [1.54, 1.807) is 15.7 Å². The van der Waals surface area contributed by atoms with Gasteiger partial charge in [-0.2, -0.15) is 4.98 Å². The molecule has 8 nitrogen and oxygen atoms in total. The van der Waals surface area contributed by atoms with E-state index < -0.39 is 11.6 Å². The van der Waals surface area contributed by atoms with Crippen molar-refractivity contribution < 1.29 is 27.8 Å². The Morgan fingerprint density at radius 3 is 2.57 bits per heavy atom. The number of aromatic nitrogens is 3. The summed E-state index contributed by atoms with van der Waals surface area (Å²) in [7, 11) is 1.81. The van der Waals surface area contributed by atoms with Crippen LogP contribution in [-0.4, -0.2) is 63.5 Å². The molecule has 6 rings (SSSR count). The lowest BCUT2D eigenvalue weighted by Crippen LogP contribution is -2.59. The lowest BCUT2D eigenvalue weighted by Gasteiger charge is -2.46. The molecule has 0 radical (unpaired) electrons. The van der Waals surface area contributed by atoms with Gasteiger partial charge in [-0.1, -0.05) is 0 Å². The van der Waals surface area contributed by atoms with E-state index in [9.17, 15) is 13.6 Å². The van der Waals surface area contributed by atoms with E-state index >= 15 is 0 Å². The van der Waals surface area contributed by atoms with E-state index in [0.29, 0.717) is 48.8 Å². The highest BCUT2D eigenvalue weighted by Crippen LogP contribution is 2.41. The first-order chi connectivity index (χ1) is 16.8. The molecule has 1 aromatic carbocycles. The number of hydrogen-bond acceptors (Lipinski definition) is 6. The van der Waals surface area contributed by atoms with Crippen LogP contribution >= 0.6 is 0 Å². The van der Waals surface area contributed by atoms with Crippen LogP contribution in [0, 0.1) is 23.5 Å². The van der Waals surface area contributed by atoms with E-state index in [4.69, 9.17) is 14.2 Å². The van der Waals surface area contributed by atoms with Crippen LogP contribution in [-0.2, 0) is 16.5 Å². The van der Waals surface area contributed by atoms with Crippen LogP contribution in [0.3, 0.4) is 0 Å². The number of aryl methyl sites for hydroxylation is 1. The zero-order chi connectivity index (χ0) is 24.3. The molecule has 2 atom stereocenters. The summed E-state index contributed by atoms with van der Waals surface area (Å²) in [5.41, 5.74) is 1.60. The minimum atomic E-state index is -0.662. The van der Waals surface area contributed by atoms with E-state index in [0.717, 1.165) is 18.9 Å². The molecule has 2 unspecified atom stereocenters. The van der Waals surface area contributed by atoms with Gasteiger partial charge < -0.3 is 23.7 Å². The van der Waals surface area contributed by atoms with Gasteiger partial charge in [-0.05, 0) is 31.9 Å². The van der Waals surface area contributed by atoms with Gasteiger partial charge in [0.25, 0.3) is 0 Å². The van der Waals surface area contributed by atoms with Crippen molar-refractivity contribution in [2.75, 3.05) is 26.3 Å². The smallest absolute Gasteiger partial charge is 0.410 e. The second-order valence-corrected chi connectivity index (χ2v) is 10.0. The van der Waals surface area contributed by atoms with Gasteiger partial charge >= 0.3 is 6.09 Å². The monoisotopic (exact) mass is 484 g/mol. The third kappa shape index (κ3) is 3.99. The highest BCUT2D eigenvalue weighted by molar-refractivity contribution is 5.95. The number of nitrogens with zero attached hydrogens (tertiary/aromatic N) is 4. The molecule has 2 aliphatic heterocycles. The molecule has 3 aliphatic rings. The van der Waals surface area contributed by atoms with Gasteiger partial charge in [-0.3, -0.25) is 0 Å². The Morgan fingerprint density at radius 2 is 1.89 bits per heavy atom. The number of ether oxygens (including phenoxy) is 3. The van der Waals surface area contributed by atoms with Gasteiger partial charge in [-0.15, -0.1) is 0 Å². The van der Waals surface area contributed by atoms with Crippen LogP contribution in [0.15, 0.2) is 30.7 Å². The van der Waals surface area contributed by atoms with Crippen molar-refractivity contribution in [3.63, 3.8) is 0 Å². The van der Waals surface area contributed by atoms with Crippen molar-refractivity contribution in [1.82, 2.24) is 19.4 Å². The fraction of sp³-hybridized carbons (Fsp3) is 0.480. The molecule has 35 heavy (non-hydrogen) atoms. The average Bonchev–Trinajstić information content (AvgIpc) is 3.43. The van der Waals surface area contributed by atoms with Crippen LogP contribution in [0.4, 0.5) is 13.6 Å². The molecule has 2 bridgehead atoms. The number of fused-ring (bicyclic) bond motifs is 3. The summed E-state index contributed by atoms with van der Waals surface area (Å²) >= 11 is 0. The predicted molar refractivity (Wildman–Crippen MR) is 122 cm³/mol. The molecule has 1 saturated carbocycles. The number of benzene rings is 1. The predicted octanol–water partition coefficient (Wildman–Crippen LogP) is 3.93. The molecular weight excluding hydrogens is 458 g/mol. The summed E-state index contributed by atoms with van der Waals surface area (Å²) in [6.07, 6.45) is 4.44. The molecule has 3 aromatic rings. The Labute approximate surface area is 200 Å². The molecule has 3 fully saturated rings. The van der Waals surface area contributed by atoms with E-state index in [1.165, 1.54) is 18.5 Å². The molecule has 1 aliphatic carbocycles. The van der Waals surface area contributed by atoms with Crippen molar-refractivity contribution in [3.05, 3.63) is 42.4 Å². The number of rotatable bonds is 4. The van der Waals surface area contributed by atoms with Crippen molar-refractivity contribution in [2.24, 2.45) is 18.9 Å². The largest absolute Gasteiger partial charge is 0.472 e. The second kappa shape index (κ2) is 8.15. The average molecular weight is 485 g/mol. The Hall–Kier alpha value is -3.27. The van der Waals surface area contributed by atoms with Gasteiger partial charge in [-0.25, -0.2) is 18.6 Å². The first-order valence-corrected chi connectivity index (χ1v) is 11.8. The van der Waals surface area contributed by atoms with E-state index in [-0.39, 0.29) is 35.2 Å². The molecule has 4 heterocycles. The molecule has 2 saturated heterocycles. The summed E-state index contributed by atoms with van der Waals surface area (Å²) in [4.78, 5) is 23.2. The second-order valence-electron chi connectivity index (χ2n) is 10.0.